The third-order valence-electron chi connectivity index (χ3n) is 1.86. The van der Waals surface area contributed by atoms with E-state index < -0.39 is 0 Å². The Bertz CT molecular complexity index is 317. The summed E-state index contributed by atoms with van der Waals surface area (Å²) in [6.45, 7) is 0.519. The third-order valence-corrected chi connectivity index (χ3v) is 2.10. The van der Waals surface area contributed by atoms with E-state index in [2.05, 4.69) is 6.07 Å². The number of rotatable bonds is 3. The minimum atomic E-state index is -0.135. The maximum atomic E-state index is 8.85. The Morgan fingerprint density at radius 3 is 2.85 bits per heavy atom. The van der Waals surface area contributed by atoms with Crippen LogP contribution in [0, 0.1) is 11.3 Å². The molecule has 13 heavy (non-hydrogen) atoms. The van der Waals surface area contributed by atoms with Crippen molar-refractivity contribution in [2.24, 2.45) is 5.73 Å². The predicted octanol–water partition coefficient (Wildman–Crippen LogP) is 2.30. The van der Waals surface area contributed by atoms with Gasteiger partial charge in [0.15, 0.2) is 0 Å². The minimum absolute atomic E-state index is 0.135. The van der Waals surface area contributed by atoms with Crippen LogP contribution in [0.25, 0.3) is 0 Å². The van der Waals surface area contributed by atoms with E-state index in [1.807, 2.05) is 18.2 Å². The molecule has 68 valence electrons. The molecule has 0 aromatic heterocycles. The van der Waals surface area contributed by atoms with Crippen molar-refractivity contribution in [1.29, 1.82) is 5.26 Å². The summed E-state index contributed by atoms with van der Waals surface area (Å²) in [7, 11) is 0. The normalized spacial score (nSPS) is 12.1. The monoisotopic (exact) mass is 194 g/mol. The first-order chi connectivity index (χ1) is 6.27. The number of hydrogen-bond acceptors (Lipinski definition) is 2. The molecular weight excluding hydrogens is 184 g/mol. The number of nitriles is 1. The van der Waals surface area contributed by atoms with Gasteiger partial charge in [-0.15, -0.1) is 0 Å². The molecule has 2 nitrogen and oxygen atoms in total. The standard InChI is InChI=1S/C10H11ClN2/c11-10-3-1-2-8(6-10)9(7-13)4-5-12/h1-3,6,9H,4-5,12H2. The van der Waals surface area contributed by atoms with Gasteiger partial charge >= 0.3 is 0 Å². The smallest absolute Gasteiger partial charge is 0.0725 e. The number of nitrogens with zero attached hydrogens (tertiary/aromatic N) is 1. The summed E-state index contributed by atoms with van der Waals surface area (Å²) in [6, 6.07) is 9.56. The van der Waals surface area contributed by atoms with Crippen molar-refractivity contribution >= 4 is 11.6 Å². The van der Waals surface area contributed by atoms with Gasteiger partial charge in [-0.2, -0.15) is 5.26 Å². The van der Waals surface area contributed by atoms with E-state index in [9.17, 15) is 0 Å². The van der Waals surface area contributed by atoms with Gasteiger partial charge < -0.3 is 5.73 Å². The van der Waals surface area contributed by atoms with Crippen LogP contribution in [0.3, 0.4) is 0 Å². The van der Waals surface area contributed by atoms with Gasteiger partial charge in [0.1, 0.15) is 0 Å². The Morgan fingerprint density at radius 2 is 2.31 bits per heavy atom. The molecule has 1 atom stereocenters. The fraction of sp³-hybridized carbons (Fsp3) is 0.300. The van der Waals surface area contributed by atoms with E-state index in [1.165, 1.54) is 0 Å². The molecule has 0 radical (unpaired) electrons. The van der Waals surface area contributed by atoms with Gasteiger partial charge in [0, 0.05) is 5.02 Å². The highest BCUT2D eigenvalue weighted by Gasteiger charge is 2.08. The van der Waals surface area contributed by atoms with Crippen molar-refractivity contribution in [3.8, 4) is 6.07 Å². The molecule has 2 N–H and O–H groups in total. The third kappa shape index (κ3) is 2.73. The highest BCUT2D eigenvalue weighted by molar-refractivity contribution is 6.30. The first-order valence-electron chi connectivity index (χ1n) is 4.13. The van der Waals surface area contributed by atoms with Crippen molar-refractivity contribution in [3.05, 3.63) is 34.9 Å². The summed E-state index contributed by atoms with van der Waals surface area (Å²) in [5.41, 5.74) is 6.34. The summed E-state index contributed by atoms with van der Waals surface area (Å²) in [5.74, 6) is -0.135. The van der Waals surface area contributed by atoms with Crippen molar-refractivity contribution in [2.45, 2.75) is 12.3 Å². The Morgan fingerprint density at radius 1 is 1.54 bits per heavy atom. The maximum Gasteiger partial charge on any atom is 0.0725 e. The SMILES string of the molecule is N#CC(CCN)c1cccc(Cl)c1. The van der Waals surface area contributed by atoms with Crippen molar-refractivity contribution in [3.63, 3.8) is 0 Å². The van der Waals surface area contributed by atoms with Crippen LogP contribution in [0.2, 0.25) is 5.02 Å². The molecule has 1 unspecified atom stereocenters. The molecule has 0 aliphatic carbocycles. The van der Waals surface area contributed by atoms with Gasteiger partial charge in [0.25, 0.3) is 0 Å². The van der Waals surface area contributed by atoms with Crippen LogP contribution in [0.5, 0.6) is 0 Å². The molecule has 1 aromatic rings. The van der Waals surface area contributed by atoms with Gasteiger partial charge in [-0.25, -0.2) is 0 Å². The molecule has 3 heteroatoms. The lowest BCUT2D eigenvalue weighted by atomic mass is 9.97. The average molecular weight is 195 g/mol. The molecule has 0 aliphatic rings. The number of benzene rings is 1. The van der Waals surface area contributed by atoms with Crippen LogP contribution in [0.1, 0.15) is 17.9 Å². The zero-order valence-corrected chi connectivity index (χ0v) is 7.96. The molecule has 0 saturated carbocycles. The van der Waals surface area contributed by atoms with E-state index in [1.54, 1.807) is 6.07 Å². The second-order valence-electron chi connectivity index (χ2n) is 2.81. The molecule has 1 rings (SSSR count). The van der Waals surface area contributed by atoms with Gasteiger partial charge in [0.05, 0.1) is 12.0 Å². The highest BCUT2D eigenvalue weighted by Crippen LogP contribution is 2.21. The summed E-state index contributed by atoms with van der Waals surface area (Å²) >= 11 is 5.81. The summed E-state index contributed by atoms with van der Waals surface area (Å²) in [4.78, 5) is 0. The van der Waals surface area contributed by atoms with Crippen LogP contribution in [0.4, 0.5) is 0 Å². The van der Waals surface area contributed by atoms with E-state index in [-0.39, 0.29) is 5.92 Å². The predicted molar refractivity (Wildman–Crippen MR) is 53.5 cm³/mol. The van der Waals surface area contributed by atoms with Gasteiger partial charge in [-0.05, 0) is 30.7 Å². The van der Waals surface area contributed by atoms with Crippen LogP contribution in [-0.2, 0) is 0 Å². The van der Waals surface area contributed by atoms with E-state index in [0.717, 1.165) is 5.56 Å². The van der Waals surface area contributed by atoms with E-state index in [4.69, 9.17) is 22.6 Å². The van der Waals surface area contributed by atoms with E-state index >= 15 is 0 Å². The number of halogens is 1. The molecule has 0 aliphatic heterocycles. The van der Waals surface area contributed by atoms with Gasteiger partial charge in [-0.3, -0.25) is 0 Å². The lowest BCUT2D eigenvalue weighted by Crippen LogP contribution is -2.05. The Hall–Kier alpha value is -1.04. The molecule has 0 spiro atoms. The summed E-state index contributed by atoms with van der Waals surface area (Å²) < 4.78 is 0. The fourth-order valence-corrected chi connectivity index (χ4v) is 1.39. The summed E-state index contributed by atoms with van der Waals surface area (Å²) in [6.07, 6.45) is 0.677. The van der Waals surface area contributed by atoms with Crippen molar-refractivity contribution in [1.82, 2.24) is 0 Å². The first-order valence-corrected chi connectivity index (χ1v) is 4.51. The Balaban J connectivity index is 2.86. The second kappa shape index (κ2) is 4.86. The number of hydrogen-bond donors (Lipinski definition) is 1. The molecule has 0 saturated heterocycles. The van der Waals surface area contributed by atoms with Gasteiger partial charge in [-0.1, -0.05) is 23.7 Å². The molecule has 0 fully saturated rings. The van der Waals surface area contributed by atoms with Crippen molar-refractivity contribution in [2.75, 3.05) is 6.54 Å². The number of nitrogens with two attached hydrogens (primary N) is 1. The van der Waals surface area contributed by atoms with E-state index in [0.29, 0.717) is 18.0 Å². The molecule has 1 aromatic carbocycles. The lowest BCUT2D eigenvalue weighted by molar-refractivity contribution is 0.758. The largest absolute Gasteiger partial charge is 0.330 e. The topological polar surface area (TPSA) is 49.8 Å². The zero-order chi connectivity index (χ0) is 9.68. The van der Waals surface area contributed by atoms with Crippen LogP contribution >= 0.6 is 11.6 Å². The highest BCUT2D eigenvalue weighted by atomic mass is 35.5. The summed E-state index contributed by atoms with van der Waals surface area (Å²) in [5, 5.41) is 9.51. The molecular formula is C10H11ClN2. The van der Waals surface area contributed by atoms with Gasteiger partial charge in [0.2, 0.25) is 0 Å². The average Bonchev–Trinajstić information content (AvgIpc) is 2.14. The van der Waals surface area contributed by atoms with Crippen LogP contribution < -0.4 is 5.73 Å². The first kappa shape index (κ1) is 10.0. The molecule has 0 bridgehead atoms. The zero-order valence-electron chi connectivity index (χ0n) is 7.20. The van der Waals surface area contributed by atoms with Crippen LogP contribution in [0.15, 0.2) is 24.3 Å². The molecule has 0 heterocycles. The minimum Gasteiger partial charge on any atom is -0.330 e. The Labute approximate surface area is 82.9 Å². The molecule has 0 amide bonds. The second-order valence-corrected chi connectivity index (χ2v) is 3.25. The fourth-order valence-electron chi connectivity index (χ4n) is 1.20. The quantitative estimate of drug-likeness (QED) is 0.803. The lowest BCUT2D eigenvalue weighted by Gasteiger charge is -2.07. The Kier molecular flexibility index (Phi) is 3.75. The van der Waals surface area contributed by atoms with Crippen molar-refractivity contribution < 1.29 is 0 Å². The maximum absolute atomic E-state index is 8.85. The van der Waals surface area contributed by atoms with Crippen LogP contribution in [-0.4, -0.2) is 6.54 Å².